The highest BCUT2D eigenvalue weighted by Crippen LogP contribution is 2.30. The molecule has 2 atom stereocenters. The lowest BCUT2D eigenvalue weighted by Crippen LogP contribution is -2.27. The van der Waals surface area contributed by atoms with Gasteiger partial charge in [0, 0.05) is 11.3 Å². The molecular weight excluding hydrogens is 244 g/mol. The first-order chi connectivity index (χ1) is 8.78. The summed E-state index contributed by atoms with van der Waals surface area (Å²) < 4.78 is 0. The molecule has 0 amide bonds. The van der Waals surface area contributed by atoms with Gasteiger partial charge in [0.2, 0.25) is 5.95 Å². The molecule has 0 spiro atoms. The number of thioether (sulfide) groups is 1. The van der Waals surface area contributed by atoms with Crippen LogP contribution in [-0.4, -0.2) is 32.7 Å². The van der Waals surface area contributed by atoms with Gasteiger partial charge in [0.1, 0.15) is 0 Å². The van der Waals surface area contributed by atoms with Crippen molar-refractivity contribution in [2.75, 3.05) is 11.6 Å². The minimum absolute atomic E-state index is 0.499. The third kappa shape index (κ3) is 2.94. The van der Waals surface area contributed by atoms with Gasteiger partial charge in [-0.2, -0.15) is 16.9 Å². The topological polar surface area (TPSA) is 50.7 Å². The Labute approximate surface area is 113 Å². The zero-order chi connectivity index (χ0) is 13.0. The summed E-state index contributed by atoms with van der Waals surface area (Å²) in [7, 11) is 0. The molecule has 1 saturated carbocycles. The fourth-order valence-corrected chi connectivity index (χ4v) is 3.47. The van der Waals surface area contributed by atoms with Crippen molar-refractivity contribution >= 4 is 17.7 Å². The number of nitrogens with zero attached hydrogens (tertiary/aromatic N) is 3. The van der Waals surface area contributed by atoms with Crippen molar-refractivity contribution in [3.8, 4) is 0 Å². The average Bonchev–Trinajstić information content (AvgIpc) is 2.85. The van der Waals surface area contributed by atoms with Crippen molar-refractivity contribution in [2.24, 2.45) is 0 Å². The molecule has 1 N–H and O–H groups in total. The van der Waals surface area contributed by atoms with E-state index in [0.29, 0.717) is 17.2 Å². The molecule has 18 heavy (non-hydrogen) atoms. The minimum Gasteiger partial charge on any atom is -0.349 e. The monoisotopic (exact) mass is 266 g/mol. The van der Waals surface area contributed by atoms with Gasteiger partial charge < -0.3 is 5.32 Å². The largest absolute Gasteiger partial charge is 0.349 e. The quantitative estimate of drug-likeness (QED) is 0.888. The van der Waals surface area contributed by atoms with Crippen LogP contribution in [-0.2, 0) is 12.8 Å². The SMILES string of the molecule is CCc1nnc(NC2CCCC2SC)nc1CC. The first-order valence-corrected chi connectivity index (χ1v) is 8.09. The van der Waals surface area contributed by atoms with Gasteiger partial charge in [0.05, 0.1) is 11.4 Å². The van der Waals surface area contributed by atoms with Crippen LogP contribution in [0.25, 0.3) is 0 Å². The molecule has 0 aliphatic heterocycles. The standard InChI is InChI=1S/C13H22N4S/c1-4-9-10(5-2)16-17-13(14-9)15-11-7-6-8-12(11)18-3/h11-12H,4-8H2,1-3H3,(H,14,15,17). The van der Waals surface area contributed by atoms with E-state index in [2.05, 4.69) is 40.6 Å². The minimum atomic E-state index is 0.499. The highest BCUT2D eigenvalue weighted by atomic mass is 32.2. The van der Waals surface area contributed by atoms with Crippen LogP contribution in [0.3, 0.4) is 0 Å². The van der Waals surface area contributed by atoms with Crippen LogP contribution < -0.4 is 5.32 Å². The van der Waals surface area contributed by atoms with Crippen molar-refractivity contribution < 1.29 is 0 Å². The van der Waals surface area contributed by atoms with Gasteiger partial charge >= 0.3 is 0 Å². The predicted molar refractivity (Wildman–Crippen MR) is 77.1 cm³/mol. The Hall–Kier alpha value is -0.840. The molecule has 1 aliphatic carbocycles. The number of hydrogen-bond acceptors (Lipinski definition) is 5. The Kier molecular flexibility index (Phi) is 4.80. The third-order valence-corrected chi connectivity index (χ3v) is 4.75. The molecule has 100 valence electrons. The molecule has 4 nitrogen and oxygen atoms in total. The summed E-state index contributed by atoms with van der Waals surface area (Å²) in [5, 5.41) is 12.6. The van der Waals surface area contributed by atoms with Crippen LogP contribution in [0.4, 0.5) is 5.95 Å². The van der Waals surface area contributed by atoms with Crippen LogP contribution in [0.2, 0.25) is 0 Å². The summed E-state index contributed by atoms with van der Waals surface area (Å²) in [6, 6.07) is 0.499. The molecular formula is C13H22N4S. The molecule has 0 saturated heterocycles. The second-order valence-electron chi connectivity index (χ2n) is 4.69. The number of rotatable bonds is 5. The van der Waals surface area contributed by atoms with Crippen molar-refractivity contribution in [3.63, 3.8) is 0 Å². The van der Waals surface area contributed by atoms with E-state index in [9.17, 15) is 0 Å². The second-order valence-corrected chi connectivity index (χ2v) is 5.77. The van der Waals surface area contributed by atoms with Crippen LogP contribution in [0.15, 0.2) is 0 Å². The molecule has 1 fully saturated rings. The van der Waals surface area contributed by atoms with Crippen molar-refractivity contribution in [1.82, 2.24) is 15.2 Å². The van der Waals surface area contributed by atoms with Gasteiger partial charge in [-0.15, -0.1) is 5.10 Å². The number of hydrogen-bond donors (Lipinski definition) is 1. The van der Waals surface area contributed by atoms with E-state index in [1.807, 2.05) is 11.8 Å². The Bertz CT molecular complexity index is 397. The van der Waals surface area contributed by atoms with Crippen LogP contribution in [0.5, 0.6) is 0 Å². The van der Waals surface area contributed by atoms with E-state index in [4.69, 9.17) is 0 Å². The molecule has 1 aromatic rings. The molecule has 1 aromatic heterocycles. The maximum Gasteiger partial charge on any atom is 0.243 e. The number of nitrogens with one attached hydrogen (secondary N) is 1. The van der Waals surface area contributed by atoms with Crippen LogP contribution in [0, 0.1) is 0 Å². The van der Waals surface area contributed by atoms with Crippen molar-refractivity contribution in [2.45, 2.75) is 57.2 Å². The average molecular weight is 266 g/mol. The maximum atomic E-state index is 4.60. The fourth-order valence-electron chi connectivity index (χ4n) is 2.54. The second kappa shape index (κ2) is 6.36. The Morgan fingerprint density at radius 1 is 1.17 bits per heavy atom. The first kappa shape index (κ1) is 13.6. The summed E-state index contributed by atoms with van der Waals surface area (Å²) in [5.74, 6) is 0.704. The molecule has 0 aromatic carbocycles. The normalized spacial score (nSPS) is 23.3. The van der Waals surface area contributed by atoms with E-state index in [0.717, 1.165) is 24.2 Å². The zero-order valence-electron chi connectivity index (χ0n) is 11.4. The predicted octanol–water partition coefficient (Wildman–Crippen LogP) is 2.69. The highest BCUT2D eigenvalue weighted by molar-refractivity contribution is 7.99. The van der Waals surface area contributed by atoms with Crippen LogP contribution in [0.1, 0.15) is 44.5 Å². The van der Waals surface area contributed by atoms with Gasteiger partial charge in [-0.05, 0) is 31.9 Å². The maximum absolute atomic E-state index is 4.60. The van der Waals surface area contributed by atoms with Crippen molar-refractivity contribution in [1.29, 1.82) is 0 Å². The van der Waals surface area contributed by atoms with E-state index in [-0.39, 0.29) is 0 Å². The molecule has 0 radical (unpaired) electrons. The van der Waals surface area contributed by atoms with Gasteiger partial charge in [-0.25, -0.2) is 4.98 Å². The molecule has 1 heterocycles. The fraction of sp³-hybridized carbons (Fsp3) is 0.769. The van der Waals surface area contributed by atoms with E-state index in [1.165, 1.54) is 19.3 Å². The lowest BCUT2D eigenvalue weighted by molar-refractivity contribution is 0.736. The number of anilines is 1. The summed E-state index contributed by atoms with van der Waals surface area (Å²) in [6.07, 6.45) is 7.81. The lowest BCUT2D eigenvalue weighted by atomic mass is 10.2. The molecule has 2 rings (SSSR count). The van der Waals surface area contributed by atoms with E-state index >= 15 is 0 Å². The van der Waals surface area contributed by atoms with Crippen LogP contribution >= 0.6 is 11.8 Å². The summed E-state index contributed by atoms with van der Waals surface area (Å²) in [6.45, 7) is 4.21. The summed E-state index contributed by atoms with van der Waals surface area (Å²) in [4.78, 5) is 4.60. The summed E-state index contributed by atoms with van der Waals surface area (Å²) >= 11 is 1.94. The first-order valence-electron chi connectivity index (χ1n) is 6.80. The zero-order valence-corrected chi connectivity index (χ0v) is 12.3. The Balaban J connectivity index is 2.09. The van der Waals surface area contributed by atoms with Gasteiger partial charge in [-0.1, -0.05) is 20.3 Å². The Morgan fingerprint density at radius 2 is 1.94 bits per heavy atom. The number of aromatic nitrogens is 3. The molecule has 2 unspecified atom stereocenters. The summed E-state index contributed by atoms with van der Waals surface area (Å²) in [5.41, 5.74) is 2.10. The van der Waals surface area contributed by atoms with Gasteiger partial charge in [-0.3, -0.25) is 0 Å². The smallest absolute Gasteiger partial charge is 0.243 e. The van der Waals surface area contributed by atoms with Crippen molar-refractivity contribution in [3.05, 3.63) is 11.4 Å². The molecule has 5 heteroatoms. The van der Waals surface area contributed by atoms with E-state index in [1.54, 1.807) is 0 Å². The molecule has 1 aliphatic rings. The van der Waals surface area contributed by atoms with Gasteiger partial charge in [0.25, 0.3) is 0 Å². The van der Waals surface area contributed by atoms with E-state index < -0.39 is 0 Å². The highest BCUT2D eigenvalue weighted by Gasteiger charge is 2.27. The Morgan fingerprint density at radius 3 is 2.61 bits per heavy atom. The third-order valence-electron chi connectivity index (χ3n) is 3.58. The lowest BCUT2D eigenvalue weighted by Gasteiger charge is -2.19. The van der Waals surface area contributed by atoms with Gasteiger partial charge in [0.15, 0.2) is 0 Å². The number of aryl methyl sites for hydroxylation is 2. The molecule has 0 bridgehead atoms.